The Morgan fingerprint density at radius 1 is 0.710 bits per heavy atom. The number of unbranched alkanes of at least 4 members (excludes halogenated alkanes) is 22. The molecule has 12 nitrogen and oxygen atoms in total. The van der Waals surface area contributed by atoms with Gasteiger partial charge in [-0.3, -0.25) is 9.48 Å². The molecule has 0 aliphatic carbocycles. The van der Waals surface area contributed by atoms with Gasteiger partial charge in [0.05, 0.1) is 25.5 Å². The summed E-state index contributed by atoms with van der Waals surface area (Å²) in [6.07, 6.45) is 24.9. The molecule has 1 aliphatic rings. The van der Waals surface area contributed by atoms with Crippen LogP contribution in [0.2, 0.25) is 0 Å². The van der Waals surface area contributed by atoms with Crippen LogP contribution in [0.25, 0.3) is 0 Å². The molecular formula is C50H87N3O9. The zero-order chi connectivity index (χ0) is 44.8. The first-order chi connectivity index (χ1) is 30.2. The summed E-state index contributed by atoms with van der Waals surface area (Å²) in [6, 6.07) is 7.64. The minimum atomic E-state index is -1.65. The second-order valence-electron chi connectivity index (χ2n) is 18.0. The number of aryl methyl sites for hydroxylation is 3. The Kier molecular flexibility index (Phi) is 28.8. The monoisotopic (exact) mass is 874 g/mol. The Morgan fingerprint density at radius 3 is 1.76 bits per heavy atom. The molecule has 8 atom stereocenters. The van der Waals surface area contributed by atoms with Gasteiger partial charge in [-0.25, -0.2) is 0 Å². The van der Waals surface area contributed by atoms with Crippen LogP contribution in [-0.2, 0) is 33.7 Å². The molecule has 356 valence electrons. The van der Waals surface area contributed by atoms with E-state index >= 15 is 0 Å². The highest BCUT2D eigenvalue weighted by molar-refractivity contribution is 5.76. The standard InChI is InChI=1S/C50H87N3O9/c1-3-5-6-7-8-9-10-11-12-13-14-15-16-17-18-19-20-21-22-23-26-29-44(55)52-42(38-61-50-49(60)48(59)47(58)43(37-54)62-50)46(57)45(56)41-35-51-53(36-41)34-27-24-25-28-40-32-30-39(4-2)31-33-40/h30-33,35-36,42-43,45-50,54,56-60H,3-29,34,37-38H2,1-2H3,(H,52,55)/t42-,43+,45+,46-,47-,48-,49+,50-/m0/s1. The number of ether oxygens (including phenoxy) is 2. The van der Waals surface area contributed by atoms with Crippen molar-refractivity contribution in [2.45, 2.75) is 243 Å². The number of hydrogen-bond donors (Lipinski definition) is 7. The zero-order valence-electron chi connectivity index (χ0n) is 38.6. The van der Waals surface area contributed by atoms with Crippen molar-refractivity contribution in [2.75, 3.05) is 13.2 Å². The van der Waals surface area contributed by atoms with Crippen LogP contribution in [0.1, 0.15) is 197 Å². The lowest BCUT2D eigenvalue weighted by atomic mass is 9.99. The molecule has 0 saturated carbocycles. The normalized spacial score (nSPS) is 20.6. The second kappa shape index (κ2) is 33.1. The topological polar surface area (TPSA) is 187 Å². The molecule has 1 aromatic heterocycles. The van der Waals surface area contributed by atoms with Crippen molar-refractivity contribution < 1.29 is 44.9 Å². The number of benzene rings is 1. The van der Waals surface area contributed by atoms with Crippen molar-refractivity contribution in [1.82, 2.24) is 15.1 Å². The molecule has 1 aliphatic heterocycles. The summed E-state index contributed by atoms with van der Waals surface area (Å²) in [5, 5.41) is 70.4. The first-order valence-corrected chi connectivity index (χ1v) is 24.9. The quantitative estimate of drug-likeness (QED) is 0.0327. The first kappa shape index (κ1) is 53.9. The molecule has 1 saturated heterocycles. The lowest BCUT2D eigenvalue weighted by Crippen LogP contribution is -2.60. The number of nitrogens with one attached hydrogen (secondary N) is 1. The number of aliphatic hydroxyl groups is 6. The molecule has 1 amide bonds. The molecule has 62 heavy (non-hydrogen) atoms. The highest BCUT2D eigenvalue weighted by atomic mass is 16.7. The van der Waals surface area contributed by atoms with E-state index in [0.29, 0.717) is 18.5 Å². The van der Waals surface area contributed by atoms with Crippen molar-refractivity contribution in [2.24, 2.45) is 0 Å². The number of carbonyl (C=O) groups excluding carboxylic acids is 1. The molecule has 2 aromatic rings. The average Bonchev–Trinajstić information content (AvgIpc) is 3.76. The zero-order valence-corrected chi connectivity index (χ0v) is 38.6. The second-order valence-corrected chi connectivity index (χ2v) is 18.0. The van der Waals surface area contributed by atoms with Gasteiger partial charge >= 0.3 is 0 Å². The van der Waals surface area contributed by atoms with Crippen LogP contribution in [0, 0.1) is 0 Å². The first-order valence-electron chi connectivity index (χ1n) is 24.9. The number of rotatable bonds is 37. The van der Waals surface area contributed by atoms with Crippen LogP contribution in [0.15, 0.2) is 36.7 Å². The number of nitrogens with zero attached hydrogens (tertiary/aromatic N) is 2. The summed E-state index contributed by atoms with van der Waals surface area (Å²) in [5.74, 6) is -0.312. The van der Waals surface area contributed by atoms with Crippen LogP contribution in [0.5, 0.6) is 0 Å². The van der Waals surface area contributed by atoms with E-state index in [1.807, 2.05) is 0 Å². The van der Waals surface area contributed by atoms with Crippen molar-refractivity contribution >= 4 is 5.91 Å². The molecule has 0 spiro atoms. The highest BCUT2D eigenvalue weighted by Crippen LogP contribution is 2.25. The van der Waals surface area contributed by atoms with E-state index in [2.05, 4.69) is 48.5 Å². The third-order valence-corrected chi connectivity index (χ3v) is 12.7. The maximum Gasteiger partial charge on any atom is 0.220 e. The summed E-state index contributed by atoms with van der Waals surface area (Å²) in [5.41, 5.74) is 3.04. The Labute approximate surface area is 374 Å². The van der Waals surface area contributed by atoms with E-state index in [1.54, 1.807) is 10.9 Å². The smallest absolute Gasteiger partial charge is 0.220 e. The van der Waals surface area contributed by atoms with Crippen LogP contribution in [0.4, 0.5) is 0 Å². The van der Waals surface area contributed by atoms with Crippen LogP contribution in [-0.4, -0.2) is 102 Å². The molecule has 1 aromatic carbocycles. The molecular weight excluding hydrogens is 787 g/mol. The van der Waals surface area contributed by atoms with Gasteiger partial charge in [0.2, 0.25) is 5.91 Å². The molecule has 0 bridgehead atoms. The third kappa shape index (κ3) is 21.5. The third-order valence-electron chi connectivity index (χ3n) is 12.7. The number of amides is 1. The summed E-state index contributed by atoms with van der Waals surface area (Å²) in [6.45, 7) is 4.07. The summed E-state index contributed by atoms with van der Waals surface area (Å²) in [7, 11) is 0. The molecule has 1 fully saturated rings. The maximum absolute atomic E-state index is 13.2. The van der Waals surface area contributed by atoms with Gasteiger partial charge in [0.25, 0.3) is 0 Å². The van der Waals surface area contributed by atoms with E-state index in [4.69, 9.17) is 9.47 Å². The van der Waals surface area contributed by atoms with E-state index in [-0.39, 0.29) is 18.9 Å². The summed E-state index contributed by atoms with van der Waals surface area (Å²) in [4.78, 5) is 13.2. The van der Waals surface area contributed by atoms with Gasteiger partial charge in [-0.1, -0.05) is 173 Å². The molecule has 0 radical (unpaired) electrons. The number of carbonyl (C=O) groups is 1. The number of aliphatic hydroxyl groups excluding tert-OH is 6. The SMILES string of the molecule is CCCCCCCCCCCCCCCCCCCCCCCC(=O)N[C@@H](CO[C@H]1O[C@H](CO)[C@H](O)[C@H](O)[C@H]1O)[C@H](O)[C@H](O)c1cnn(CCCCCc2ccc(CC)cc2)c1. The Hall–Kier alpha value is -2.42. The van der Waals surface area contributed by atoms with Gasteiger partial charge in [-0.2, -0.15) is 5.10 Å². The van der Waals surface area contributed by atoms with Gasteiger partial charge < -0.3 is 45.4 Å². The van der Waals surface area contributed by atoms with E-state index in [1.165, 1.54) is 126 Å². The largest absolute Gasteiger partial charge is 0.394 e. The maximum atomic E-state index is 13.2. The average molecular weight is 874 g/mol. The van der Waals surface area contributed by atoms with Crippen molar-refractivity contribution in [3.05, 3.63) is 53.3 Å². The van der Waals surface area contributed by atoms with Gasteiger partial charge in [0.1, 0.15) is 36.6 Å². The Morgan fingerprint density at radius 2 is 1.23 bits per heavy atom. The lowest BCUT2D eigenvalue weighted by Gasteiger charge is -2.40. The minimum Gasteiger partial charge on any atom is -0.394 e. The van der Waals surface area contributed by atoms with Gasteiger partial charge in [-0.05, 0) is 43.2 Å². The van der Waals surface area contributed by atoms with E-state index < -0.39 is 55.6 Å². The van der Waals surface area contributed by atoms with E-state index in [0.717, 1.165) is 51.4 Å². The predicted octanol–water partition coefficient (Wildman–Crippen LogP) is 8.16. The fraction of sp³-hybridized carbons (Fsp3) is 0.800. The Balaban J connectivity index is 1.34. The van der Waals surface area contributed by atoms with Crippen LogP contribution in [0.3, 0.4) is 0 Å². The Bertz CT molecular complexity index is 1390. The number of hydrogen-bond acceptors (Lipinski definition) is 10. The van der Waals surface area contributed by atoms with Gasteiger partial charge in [0.15, 0.2) is 6.29 Å². The van der Waals surface area contributed by atoms with Crippen molar-refractivity contribution in [3.8, 4) is 0 Å². The number of aromatic nitrogens is 2. The van der Waals surface area contributed by atoms with Crippen LogP contribution < -0.4 is 5.32 Å². The van der Waals surface area contributed by atoms with Crippen molar-refractivity contribution in [1.29, 1.82) is 0 Å². The minimum absolute atomic E-state index is 0.236. The highest BCUT2D eigenvalue weighted by Gasteiger charge is 2.44. The summed E-state index contributed by atoms with van der Waals surface area (Å²) < 4.78 is 12.9. The van der Waals surface area contributed by atoms with E-state index in [9.17, 15) is 35.4 Å². The van der Waals surface area contributed by atoms with Crippen LogP contribution >= 0.6 is 0 Å². The summed E-state index contributed by atoms with van der Waals surface area (Å²) >= 11 is 0. The molecule has 3 rings (SSSR count). The van der Waals surface area contributed by atoms with Crippen molar-refractivity contribution in [3.63, 3.8) is 0 Å². The fourth-order valence-corrected chi connectivity index (χ4v) is 8.42. The van der Waals surface area contributed by atoms with Gasteiger partial charge in [-0.15, -0.1) is 0 Å². The molecule has 2 heterocycles. The lowest BCUT2D eigenvalue weighted by molar-refractivity contribution is -0.303. The molecule has 0 unspecified atom stereocenters. The molecule has 12 heteroatoms. The fourth-order valence-electron chi connectivity index (χ4n) is 8.42. The predicted molar refractivity (Wildman–Crippen MR) is 245 cm³/mol. The molecule has 7 N–H and O–H groups in total. The van der Waals surface area contributed by atoms with Gasteiger partial charge in [0, 0.05) is 24.7 Å².